The molecule has 0 heterocycles. The predicted octanol–water partition coefficient (Wildman–Crippen LogP) is 1.63. The van der Waals surface area contributed by atoms with Crippen LogP contribution in [-0.2, 0) is 10.0 Å². The Labute approximate surface area is 106 Å². The molecule has 5 heteroatoms. The smallest absolute Gasteiger partial charge is 0.213 e. The molecule has 0 aromatic rings. The van der Waals surface area contributed by atoms with Crippen molar-refractivity contribution in [1.82, 2.24) is 10.0 Å². The van der Waals surface area contributed by atoms with Crippen molar-refractivity contribution < 1.29 is 8.42 Å². The SMILES string of the molecule is CC(C)NCCS(=O)(=O)NC1CCCCCC1. The zero-order chi connectivity index (χ0) is 12.7. The second-order valence-corrected chi connectivity index (χ2v) is 7.11. The summed E-state index contributed by atoms with van der Waals surface area (Å²) in [5.41, 5.74) is 0. The third-order valence-electron chi connectivity index (χ3n) is 3.12. The van der Waals surface area contributed by atoms with Gasteiger partial charge in [-0.3, -0.25) is 0 Å². The molecule has 1 aliphatic rings. The molecule has 1 aliphatic carbocycles. The van der Waals surface area contributed by atoms with Crippen LogP contribution in [-0.4, -0.2) is 32.8 Å². The summed E-state index contributed by atoms with van der Waals surface area (Å²) < 4.78 is 26.5. The highest BCUT2D eigenvalue weighted by atomic mass is 32.2. The van der Waals surface area contributed by atoms with Crippen molar-refractivity contribution in [3.63, 3.8) is 0 Å². The van der Waals surface area contributed by atoms with Gasteiger partial charge in [0.25, 0.3) is 0 Å². The van der Waals surface area contributed by atoms with Crippen LogP contribution in [0, 0.1) is 0 Å². The highest BCUT2D eigenvalue weighted by molar-refractivity contribution is 7.89. The van der Waals surface area contributed by atoms with Crippen molar-refractivity contribution in [3.8, 4) is 0 Å². The van der Waals surface area contributed by atoms with Crippen LogP contribution in [0.4, 0.5) is 0 Å². The van der Waals surface area contributed by atoms with Gasteiger partial charge in [-0.1, -0.05) is 39.5 Å². The molecule has 0 aliphatic heterocycles. The van der Waals surface area contributed by atoms with E-state index in [-0.39, 0.29) is 11.8 Å². The molecule has 1 saturated carbocycles. The summed E-state index contributed by atoms with van der Waals surface area (Å²) in [6, 6.07) is 0.504. The van der Waals surface area contributed by atoms with Crippen LogP contribution in [0.15, 0.2) is 0 Å². The summed E-state index contributed by atoms with van der Waals surface area (Å²) in [6.07, 6.45) is 6.78. The maximum atomic E-state index is 11.8. The van der Waals surface area contributed by atoms with Crippen LogP contribution in [0.1, 0.15) is 52.4 Å². The first-order chi connectivity index (χ1) is 7.99. The van der Waals surface area contributed by atoms with Gasteiger partial charge in [-0.2, -0.15) is 0 Å². The normalized spacial score (nSPS) is 19.5. The van der Waals surface area contributed by atoms with Crippen molar-refractivity contribution in [2.75, 3.05) is 12.3 Å². The highest BCUT2D eigenvalue weighted by Crippen LogP contribution is 2.17. The molecule has 0 aromatic heterocycles. The molecular weight excluding hydrogens is 236 g/mol. The first-order valence-corrected chi connectivity index (χ1v) is 8.38. The molecule has 0 unspecified atom stereocenters. The average Bonchev–Trinajstić information content (AvgIpc) is 2.44. The predicted molar refractivity (Wildman–Crippen MR) is 71.6 cm³/mol. The van der Waals surface area contributed by atoms with Crippen molar-refractivity contribution in [2.45, 2.75) is 64.5 Å². The Balaban J connectivity index is 2.31. The van der Waals surface area contributed by atoms with Crippen molar-refractivity contribution >= 4 is 10.0 Å². The van der Waals surface area contributed by atoms with E-state index >= 15 is 0 Å². The Morgan fingerprint density at radius 3 is 2.24 bits per heavy atom. The van der Waals surface area contributed by atoms with Gasteiger partial charge in [0.15, 0.2) is 0 Å². The van der Waals surface area contributed by atoms with Gasteiger partial charge in [0.2, 0.25) is 10.0 Å². The lowest BCUT2D eigenvalue weighted by Gasteiger charge is -2.16. The maximum Gasteiger partial charge on any atom is 0.213 e. The lowest BCUT2D eigenvalue weighted by atomic mass is 10.1. The standard InChI is InChI=1S/C12H26N2O2S/c1-11(2)13-9-10-17(15,16)14-12-7-5-3-4-6-8-12/h11-14H,3-10H2,1-2H3. The average molecular weight is 262 g/mol. The third kappa shape index (κ3) is 7.01. The van der Waals surface area contributed by atoms with Crippen LogP contribution in [0.25, 0.3) is 0 Å². The monoisotopic (exact) mass is 262 g/mol. The van der Waals surface area contributed by atoms with E-state index in [1.54, 1.807) is 0 Å². The number of hydrogen-bond acceptors (Lipinski definition) is 3. The Kier molecular flexibility index (Phi) is 6.44. The molecule has 102 valence electrons. The fraction of sp³-hybridized carbons (Fsp3) is 1.00. The first kappa shape index (κ1) is 14.9. The molecular formula is C12H26N2O2S. The number of nitrogens with one attached hydrogen (secondary N) is 2. The van der Waals surface area contributed by atoms with Gasteiger partial charge >= 0.3 is 0 Å². The zero-order valence-electron chi connectivity index (χ0n) is 11.0. The molecule has 0 aromatic carbocycles. The molecule has 1 fully saturated rings. The van der Waals surface area contributed by atoms with E-state index in [0.717, 1.165) is 25.7 Å². The zero-order valence-corrected chi connectivity index (χ0v) is 11.9. The minimum atomic E-state index is -3.11. The Morgan fingerprint density at radius 1 is 1.12 bits per heavy atom. The molecule has 0 bridgehead atoms. The van der Waals surface area contributed by atoms with E-state index in [4.69, 9.17) is 0 Å². The second kappa shape index (κ2) is 7.34. The molecule has 17 heavy (non-hydrogen) atoms. The van der Waals surface area contributed by atoms with Gasteiger partial charge in [0.05, 0.1) is 5.75 Å². The van der Waals surface area contributed by atoms with E-state index < -0.39 is 10.0 Å². The van der Waals surface area contributed by atoms with Crippen molar-refractivity contribution in [1.29, 1.82) is 0 Å². The van der Waals surface area contributed by atoms with Gasteiger partial charge in [0.1, 0.15) is 0 Å². The molecule has 0 radical (unpaired) electrons. The molecule has 4 nitrogen and oxygen atoms in total. The topological polar surface area (TPSA) is 58.2 Å². The molecule has 0 spiro atoms. The molecule has 0 atom stereocenters. The third-order valence-corrected chi connectivity index (χ3v) is 4.56. The van der Waals surface area contributed by atoms with E-state index in [2.05, 4.69) is 10.0 Å². The highest BCUT2D eigenvalue weighted by Gasteiger charge is 2.18. The lowest BCUT2D eigenvalue weighted by molar-refractivity contribution is 0.506. The van der Waals surface area contributed by atoms with E-state index in [1.165, 1.54) is 12.8 Å². The summed E-state index contributed by atoms with van der Waals surface area (Å²) in [5.74, 6) is 0.182. The Hall–Kier alpha value is -0.130. The fourth-order valence-corrected chi connectivity index (χ4v) is 3.44. The van der Waals surface area contributed by atoms with Crippen LogP contribution in [0.3, 0.4) is 0 Å². The van der Waals surface area contributed by atoms with Gasteiger partial charge in [-0.25, -0.2) is 13.1 Å². The summed E-state index contributed by atoms with van der Waals surface area (Å²) in [7, 11) is -3.11. The van der Waals surface area contributed by atoms with Gasteiger partial charge in [-0.05, 0) is 12.8 Å². The molecule has 1 rings (SSSR count). The second-order valence-electron chi connectivity index (χ2n) is 5.23. The summed E-state index contributed by atoms with van der Waals surface area (Å²) in [4.78, 5) is 0. The van der Waals surface area contributed by atoms with Crippen molar-refractivity contribution in [3.05, 3.63) is 0 Å². The quantitative estimate of drug-likeness (QED) is 0.715. The van der Waals surface area contributed by atoms with Crippen LogP contribution in [0.2, 0.25) is 0 Å². The number of sulfonamides is 1. The lowest BCUT2D eigenvalue weighted by Crippen LogP contribution is -2.39. The van der Waals surface area contributed by atoms with Crippen molar-refractivity contribution in [2.24, 2.45) is 0 Å². The van der Waals surface area contributed by atoms with E-state index in [0.29, 0.717) is 12.6 Å². The van der Waals surface area contributed by atoms with Gasteiger partial charge in [0, 0.05) is 18.6 Å². The minimum absolute atomic E-state index is 0.168. The van der Waals surface area contributed by atoms with Crippen LogP contribution < -0.4 is 10.0 Å². The largest absolute Gasteiger partial charge is 0.313 e. The van der Waals surface area contributed by atoms with E-state index in [9.17, 15) is 8.42 Å². The van der Waals surface area contributed by atoms with Gasteiger partial charge < -0.3 is 5.32 Å². The minimum Gasteiger partial charge on any atom is -0.313 e. The maximum absolute atomic E-state index is 11.8. The Morgan fingerprint density at radius 2 is 1.71 bits per heavy atom. The van der Waals surface area contributed by atoms with Gasteiger partial charge in [-0.15, -0.1) is 0 Å². The summed E-state index contributed by atoms with van der Waals surface area (Å²) >= 11 is 0. The first-order valence-electron chi connectivity index (χ1n) is 6.73. The fourth-order valence-electron chi connectivity index (χ4n) is 2.19. The van der Waals surface area contributed by atoms with E-state index in [1.807, 2.05) is 13.8 Å². The molecule has 0 saturated heterocycles. The number of hydrogen-bond donors (Lipinski definition) is 2. The Bertz CT molecular complexity index is 294. The molecule has 0 amide bonds. The number of rotatable bonds is 6. The summed E-state index contributed by atoms with van der Waals surface area (Å²) in [6.45, 7) is 4.57. The summed E-state index contributed by atoms with van der Waals surface area (Å²) in [5, 5.41) is 3.13. The molecule has 2 N–H and O–H groups in total. The van der Waals surface area contributed by atoms with Crippen LogP contribution in [0.5, 0.6) is 0 Å². The van der Waals surface area contributed by atoms with Crippen LogP contribution >= 0.6 is 0 Å².